The molecule has 0 radical (unpaired) electrons. The molecule has 5 heteroatoms. The molecule has 0 saturated carbocycles. The van der Waals surface area contributed by atoms with E-state index in [-0.39, 0.29) is 6.04 Å². The summed E-state index contributed by atoms with van der Waals surface area (Å²) in [5.74, 6) is 0. The second kappa shape index (κ2) is 5.98. The van der Waals surface area contributed by atoms with Gasteiger partial charge in [-0.05, 0) is 25.6 Å². The molecular formula is C11H18N2O2S. The molecule has 0 heterocycles. The van der Waals surface area contributed by atoms with Crippen LogP contribution in [0.1, 0.15) is 13.8 Å². The zero-order valence-corrected chi connectivity index (χ0v) is 10.4. The summed E-state index contributed by atoms with van der Waals surface area (Å²) in [6.07, 6.45) is 0. The minimum absolute atomic E-state index is 0.128. The van der Waals surface area contributed by atoms with Crippen molar-refractivity contribution in [2.75, 3.05) is 13.1 Å². The van der Waals surface area contributed by atoms with E-state index in [9.17, 15) is 8.42 Å². The summed E-state index contributed by atoms with van der Waals surface area (Å²) in [6.45, 7) is 5.15. The van der Waals surface area contributed by atoms with Gasteiger partial charge in [0.25, 0.3) is 0 Å². The molecule has 0 saturated heterocycles. The molecule has 0 amide bonds. The van der Waals surface area contributed by atoms with Crippen molar-refractivity contribution in [3.63, 3.8) is 0 Å². The average Bonchev–Trinajstić information content (AvgIpc) is 2.28. The normalized spacial score (nSPS) is 13.6. The SMILES string of the molecule is CCN[C@H](C)CNS(=O)(=O)c1ccccc1. The highest BCUT2D eigenvalue weighted by atomic mass is 32.2. The van der Waals surface area contributed by atoms with Gasteiger partial charge in [-0.2, -0.15) is 0 Å². The van der Waals surface area contributed by atoms with Crippen LogP contribution in [0.15, 0.2) is 35.2 Å². The van der Waals surface area contributed by atoms with E-state index in [4.69, 9.17) is 0 Å². The summed E-state index contributed by atoms with van der Waals surface area (Å²) in [7, 11) is -3.36. The van der Waals surface area contributed by atoms with Gasteiger partial charge in [0, 0.05) is 12.6 Å². The predicted molar refractivity (Wildman–Crippen MR) is 64.8 cm³/mol. The Kier molecular flexibility index (Phi) is 4.92. The van der Waals surface area contributed by atoms with E-state index in [1.807, 2.05) is 13.8 Å². The standard InChI is InChI=1S/C11H18N2O2S/c1-3-12-10(2)9-13-16(14,15)11-7-5-4-6-8-11/h4-8,10,12-13H,3,9H2,1-2H3/t10-/m1/s1. The topological polar surface area (TPSA) is 58.2 Å². The fourth-order valence-corrected chi connectivity index (χ4v) is 2.49. The van der Waals surface area contributed by atoms with Gasteiger partial charge in [0.05, 0.1) is 4.90 Å². The first kappa shape index (κ1) is 13.2. The van der Waals surface area contributed by atoms with E-state index >= 15 is 0 Å². The molecule has 0 unspecified atom stereocenters. The van der Waals surface area contributed by atoms with Crippen LogP contribution in [0, 0.1) is 0 Å². The fourth-order valence-electron chi connectivity index (χ4n) is 1.34. The molecule has 0 fully saturated rings. The Morgan fingerprint density at radius 2 is 1.88 bits per heavy atom. The Hall–Kier alpha value is -0.910. The van der Waals surface area contributed by atoms with Crippen molar-refractivity contribution in [3.8, 4) is 0 Å². The summed E-state index contributed by atoms with van der Waals surface area (Å²) in [5.41, 5.74) is 0. The predicted octanol–water partition coefficient (Wildman–Crippen LogP) is 0.963. The molecule has 1 rings (SSSR count). The number of likely N-dealkylation sites (N-methyl/N-ethyl adjacent to an activating group) is 1. The maximum atomic E-state index is 11.8. The first-order valence-electron chi connectivity index (χ1n) is 5.34. The van der Waals surface area contributed by atoms with Crippen LogP contribution in [0.4, 0.5) is 0 Å². The molecule has 0 aliphatic heterocycles. The maximum absolute atomic E-state index is 11.8. The molecule has 4 nitrogen and oxygen atoms in total. The highest BCUT2D eigenvalue weighted by Gasteiger charge is 2.13. The number of hydrogen-bond acceptors (Lipinski definition) is 3. The largest absolute Gasteiger partial charge is 0.313 e. The molecule has 90 valence electrons. The lowest BCUT2D eigenvalue weighted by Crippen LogP contribution is -2.38. The van der Waals surface area contributed by atoms with Crippen LogP contribution < -0.4 is 10.0 Å². The zero-order valence-electron chi connectivity index (χ0n) is 9.60. The Balaban J connectivity index is 2.60. The van der Waals surface area contributed by atoms with E-state index in [2.05, 4.69) is 10.0 Å². The Labute approximate surface area is 97.1 Å². The van der Waals surface area contributed by atoms with Gasteiger partial charge in [0.2, 0.25) is 10.0 Å². The van der Waals surface area contributed by atoms with Crippen LogP contribution in [0.25, 0.3) is 0 Å². The lowest BCUT2D eigenvalue weighted by atomic mass is 10.3. The fraction of sp³-hybridized carbons (Fsp3) is 0.455. The highest BCUT2D eigenvalue weighted by molar-refractivity contribution is 7.89. The Morgan fingerprint density at radius 1 is 1.25 bits per heavy atom. The van der Waals surface area contributed by atoms with E-state index in [0.29, 0.717) is 11.4 Å². The summed E-state index contributed by atoms with van der Waals surface area (Å²) in [4.78, 5) is 0.304. The number of benzene rings is 1. The third-order valence-electron chi connectivity index (χ3n) is 2.19. The van der Waals surface area contributed by atoms with Crippen LogP contribution >= 0.6 is 0 Å². The van der Waals surface area contributed by atoms with Crippen molar-refractivity contribution >= 4 is 10.0 Å². The number of hydrogen-bond donors (Lipinski definition) is 2. The first-order chi connectivity index (χ1) is 7.56. The van der Waals surface area contributed by atoms with Crippen LogP contribution in [0.5, 0.6) is 0 Å². The van der Waals surface area contributed by atoms with Crippen molar-refractivity contribution in [3.05, 3.63) is 30.3 Å². The van der Waals surface area contributed by atoms with Crippen molar-refractivity contribution < 1.29 is 8.42 Å². The molecule has 0 aliphatic carbocycles. The van der Waals surface area contributed by atoms with Crippen molar-refractivity contribution in [2.45, 2.75) is 24.8 Å². The van der Waals surface area contributed by atoms with Gasteiger partial charge in [0.1, 0.15) is 0 Å². The van der Waals surface area contributed by atoms with Gasteiger partial charge in [-0.15, -0.1) is 0 Å². The van der Waals surface area contributed by atoms with E-state index in [1.54, 1.807) is 30.3 Å². The van der Waals surface area contributed by atoms with Crippen LogP contribution in [0.3, 0.4) is 0 Å². The van der Waals surface area contributed by atoms with E-state index in [0.717, 1.165) is 6.54 Å². The third kappa shape index (κ3) is 3.92. The summed E-state index contributed by atoms with van der Waals surface area (Å²) >= 11 is 0. The zero-order chi connectivity index (χ0) is 12.0. The summed E-state index contributed by atoms with van der Waals surface area (Å²) < 4.78 is 26.2. The van der Waals surface area contributed by atoms with Gasteiger partial charge < -0.3 is 5.32 Å². The second-order valence-electron chi connectivity index (χ2n) is 3.62. The van der Waals surface area contributed by atoms with Gasteiger partial charge in [-0.25, -0.2) is 13.1 Å². The Bertz CT molecular complexity index is 403. The van der Waals surface area contributed by atoms with Gasteiger partial charge >= 0.3 is 0 Å². The van der Waals surface area contributed by atoms with Crippen molar-refractivity contribution in [1.82, 2.24) is 10.0 Å². The molecule has 1 aromatic carbocycles. The molecule has 1 aromatic rings. The monoisotopic (exact) mass is 242 g/mol. The minimum atomic E-state index is -3.36. The summed E-state index contributed by atoms with van der Waals surface area (Å²) in [6, 6.07) is 8.51. The van der Waals surface area contributed by atoms with E-state index < -0.39 is 10.0 Å². The molecule has 0 bridgehead atoms. The molecule has 0 aliphatic rings. The third-order valence-corrected chi connectivity index (χ3v) is 3.63. The average molecular weight is 242 g/mol. The van der Waals surface area contributed by atoms with Gasteiger partial charge in [-0.3, -0.25) is 0 Å². The molecule has 16 heavy (non-hydrogen) atoms. The number of sulfonamides is 1. The molecular weight excluding hydrogens is 224 g/mol. The molecule has 0 aromatic heterocycles. The van der Waals surface area contributed by atoms with Crippen LogP contribution in [0.2, 0.25) is 0 Å². The van der Waals surface area contributed by atoms with Crippen molar-refractivity contribution in [1.29, 1.82) is 0 Å². The molecule has 1 atom stereocenters. The number of rotatable bonds is 6. The van der Waals surface area contributed by atoms with Crippen LogP contribution in [-0.4, -0.2) is 27.5 Å². The highest BCUT2D eigenvalue weighted by Crippen LogP contribution is 2.06. The summed E-state index contributed by atoms with van der Waals surface area (Å²) in [5, 5.41) is 3.14. The van der Waals surface area contributed by atoms with Gasteiger partial charge in [-0.1, -0.05) is 25.1 Å². The smallest absolute Gasteiger partial charge is 0.240 e. The quantitative estimate of drug-likeness (QED) is 0.781. The lowest BCUT2D eigenvalue weighted by molar-refractivity contribution is 0.536. The lowest BCUT2D eigenvalue weighted by Gasteiger charge is -2.13. The molecule has 0 spiro atoms. The maximum Gasteiger partial charge on any atom is 0.240 e. The number of nitrogens with one attached hydrogen (secondary N) is 2. The second-order valence-corrected chi connectivity index (χ2v) is 5.39. The minimum Gasteiger partial charge on any atom is -0.313 e. The van der Waals surface area contributed by atoms with Crippen molar-refractivity contribution in [2.24, 2.45) is 0 Å². The van der Waals surface area contributed by atoms with Gasteiger partial charge in [0.15, 0.2) is 0 Å². The van der Waals surface area contributed by atoms with Crippen LogP contribution in [-0.2, 0) is 10.0 Å². The Morgan fingerprint density at radius 3 is 2.44 bits per heavy atom. The molecule has 2 N–H and O–H groups in total. The van der Waals surface area contributed by atoms with E-state index in [1.165, 1.54) is 0 Å². The first-order valence-corrected chi connectivity index (χ1v) is 6.82.